The van der Waals surface area contributed by atoms with Crippen LogP contribution < -0.4 is 20.1 Å². The average molecular weight is 346 g/mol. The molecule has 0 atom stereocenters. The van der Waals surface area contributed by atoms with Crippen molar-refractivity contribution in [3.05, 3.63) is 36.2 Å². The number of hydrogen-bond acceptors (Lipinski definition) is 7. The summed E-state index contributed by atoms with van der Waals surface area (Å²) in [4.78, 5) is 20.7. The molecule has 8 heteroatoms. The first-order chi connectivity index (χ1) is 12.2. The molecule has 2 aromatic rings. The summed E-state index contributed by atoms with van der Waals surface area (Å²) in [7, 11) is 4.74. The van der Waals surface area contributed by atoms with E-state index in [9.17, 15) is 4.79 Å². The Morgan fingerprint density at radius 3 is 2.64 bits per heavy atom. The van der Waals surface area contributed by atoms with Gasteiger partial charge in [0.2, 0.25) is 5.95 Å². The highest BCUT2D eigenvalue weighted by atomic mass is 16.5. The maximum Gasteiger partial charge on any atom is 0.274 e. The first-order valence-corrected chi connectivity index (χ1v) is 7.77. The van der Waals surface area contributed by atoms with Gasteiger partial charge in [-0.05, 0) is 24.6 Å². The molecule has 0 aliphatic heterocycles. The van der Waals surface area contributed by atoms with E-state index in [0.29, 0.717) is 36.3 Å². The second-order valence-corrected chi connectivity index (χ2v) is 5.06. The summed E-state index contributed by atoms with van der Waals surface area (Å²) >= 11 is 0. The van der Waals surface area contributed by atoms with Crippen LogP contribution in [-0.2, 0) is 4.74 Å². The number of methoxy groups -OCH3 is 3. The normalized spacial score (nSPS) is 10.2. The Hall–Kier alpha value is -2.87. The highest BCUT2D eigenvalue weighted by Gasteiger charge is 2.11. The lowest BCUT2D eigenvalue weighted by molar-refractivity contribution is 0.102. The maximum absolute atomic E-state index is 12.4. The van der Waals surface area contributed by atoms with Crippen LogP contribution in [-0.4, -0.2) is 50.4 Å². The van der Waals surface area contributed by atoms with Gasteiger partial charge in [0, 0.05) is 38.2 Å². The zero-order valence-corrected chi connectivity index (χ0v) is 14.5. The number of nitrogens with one attached hydrogen (secondary N) is 2. The Bertz CT molecular complexity index is 709. The number of nitrogens with zero attached hydrogens (tertiary/aromatic N) is 2. The summed E-state index contributed by atoms with van der Waals surface area (Å²) in [5, 5.41) is 5.83. The molecular formula is C17H22N4O4. The predicted octanol–water partition coefficient (Wildman–Crippen LogP) is 2.19. The number of rotatable bonds is 9. The van der Waals surface area contributed by atoms with Gasteiger partial charge in [0.1, 0.15) is 5.69 Å². The largest absolute Gasteiger partial charge is 0.493 e. The molecular weight excluding hydrogens is 324 g/mol. The van der Waals surface area contributed by atoms with E-state index in [1.54, 1.807) is 38.5 Å². The smallest absolute Gasteiger partial charge is 0.274 e. The molecule has 2 rings (SSSR count). The van der Waals surface area contributed by atoms with Gasteiger partial charge in [-0.15, -0.1) is 0 Å². The minimum absolute atomic E-state index is 0.263. The van der Waals surface area contributed by atoms with Crippen LogP contribution in [0, 0.1) is 0 Å². The van der Waals surface area contributed by atoms with E-state index >= 15 is 0 Å². The highest BCUT2D eigenvalue weighted by Crippen LogP contribution is 2.29. The molecule has 1 aromatic heterocycles. The highest BCUT2D eigenvalue weighted by molar-refractivity contribution is 6.03. The van der Waals surface area contributed by atoms with Crippen LogP contribution in [0.2, 0.25) is 0 Å². The van der Waals surface area contributed by atoms with Crippen LogP contribution in [0.4, 0.5) is 11.6 Å². The second-order valence-electron chi connectivity index (χ2n) is 5.06. The Morgan fingerprint density at radius 1 is 1.12 bits per heavy atom. The molecule has 0 unspecified atom stereocenters. The third-order valence-corrected chi connectivity index (χ3v) is 3.34. The number of aromatic nitrogens is 2. The number of carbonyl (C=O) groups is 1. The van der Waals surface area contributed by atoms with Crippen molar-refractivity contribution in [2.24, 2.45) is 0 Å². The summed E-state index contributed by atoms with van der Waals surface area (Å²) < 4.78 is 15.4. The fourth-order valence-corrected chi connectivity index (χ4v) is 2.10. The summed E-state index contributed by atoms with van der Waals surface area (Å²) in [5.41, 5.74) is 0.842. The van der Waals surface area contributed by atoms with Gasteiger partial charge < -0.3 is 24.8 Å². The minimum atomic E-state index is -0.338. The predicted molar refractivity (Wildman–Crippen MR) is 94.5 cm³/mol. The average Bonchev–Trinajstić information content (AvgIpc) is 2.65. The third-order valence-electron chi connectivity index (χ3n) is 3.34. The van der Waals surface area contributed by atoms with E-state index < -0.39 is 0 Å². The summed E-state index contributed by atoms with van der Waals surface area (Å²) in [5.74, 6) is 1.18. The van der Waals surface area contributed by atoms with Crippen molar-refractivity contribution < 1.29 is 19.0 Å². The first-order valence-electron chi connectivity index (χ1n) is 7.77. The standard InChI is InChI=1S/C17H22N4O4/c1-23-10-4-8-18-17-19-9-7-13(21-17)16(22)20-12-5-6-14(24-2)15(11-12)25-3/h5-7,9,11H,4,8,10H2,1-3H3,(H,20,22)(H,18,19,21). The SMILES string of the molecule is COCCCNc1nccc(C(=O)Nc2ccc(OC)c(OC)c2)n1. The zero-order valence-electron chi connectivity index (χ0n) is 14.5. The third kappa shape index (κ3) is 5.32. The summed E-state index contributed by atoms with van der Waals surface area (Å²) in [6, 6.07) is 6.68. The molecule has 0 aliphatic rings. The van der Waals surface area contributed by atoms with Crippen LogP contribution in [0.5, 0.6) is 11.5 Å². The molecule has 1 heterocycles. The van der Waals surface area contributed by atoms with E-state index in [1.807, 2.05) is 0 Å². The van der Waals surface area contributed by atoms with Crippen molar-refractivity contribution in [1.82, 2.24) is 9.97 Å². The van der Waals surface area contributed by atoms with Gasteiger partial charge in [0.25, 0.3) is 5.91 Å². The molecule has 1 aromatic carbocycles. The lowest BCUT2D eigenvalue weighted by Gasteiger charge is -2.11. The number of anilines is 2. The Morgan fingerprint density at radius 2 is 1.92 bits per heavy atom. The van der Waals surface area contributed by atoms with E-state index in [-0.39, 0.29) is 11.6 Å². The quantitative estimate of drug-likeness (QED) is 0.672. The summed E-state index contributed by atoms with van der Waals surface area (Å²) in [6.07, 6.45) is 2.36. The van der Waals surface area contributed by atoms with E-state index in [0.717, 1.165) is 6.42 Å². The molecule has 0 bridgehead atoms. The molecule has 2 N–H and O–H groups in total. The lowest BCUT2D eigenvalue weighted by Crippen LogP contribution is -2.16. The van der Waals surface area contributed by atoms with Crippen LogP contribution >= 0.6 is 0 Å². The van der Waals surface area contributed by atoms with Crippen molar-refractivity contribution in [3.8, 4) is 11.5 Å². The molecule has 0 saturated carbocycles. The van der Waals surface area contributed by atoms with Gasteiger partial charge in [-0.25, -0.2) is 9.97 Å². The van der Waals surface area contributed by atoms with Crippen LogP contribution in [0.15, 0.2) is 30.5 Å². The Labute approximate surface area is 146 Å². The Balaban J connectivity index is 2.03. The molecule has 0 fully saturated rings. The lowest BCUT2D eigenvalue weighted by atomic mass is 10.2. The first kappa shape index (κ1) is 18.5. The molecule has 0 radical (unpaired) electrons. The van der Waals surface area contributed by atoms with Crippen molar-refractivity contribution >= 4 is 17.5 Å². The van der Waals surface area contributed by atoms with Gasteiger partial charge in [0.15, 0.2) is 11.5 Å². The molecule has 0 aliphatic carbocycles. The van der Waals surface area contributed by atoms with Crippen molar-refractivity contribution in [1.29, 1.82) is 0 Å². The number of carbonyl (C=O) groups excluding carboxylic acids is 1. The van der Waals surface area contributed by atoms with E-state index in [4.69, 9.17) is 14.2 Å². The molecule has 0 spiro atoms. The zero-order chi connectivity index (χ0) is 18.1. The van der Waals surface area contributed by atoms with Crippen LogP contribution in [0.1, 0.15) is 16.9 Å². The van der Waals surface area contributed by atoms with Gasteiger partial charge >= 0.3 is 0 Å². The van der Waals surface area contributed by atoms with Gasteiger partial charge in [-0.1, -0.05) is 0 Å². The van der Waals surface area contributed by atoms with Crippen LogP contribution in [0.3, 0.4) is 0 Å². The number of amides is 1. The van der Waals surface area contributed by atoms with Gasteiger partial charge in [-0.3, -0.25) is 4.79 Å². The summed E-state index contributed by atoms with van der Waals surface area (Å²) in [6.45, 7) is 1.31. The second kappa shape index (κ2) is 9.43. The van der Waals surface area contributed by atoms with Crippen LogP contribution in [0.25, 0.3) is 0 Å². The Kier molecular flexibility index (Phi) is 6.97. The molecule has 8 nitrogen and oxygen atoms in total. The van der Waals surface area contributed by atoms with Crippen molar-refractivity contribution in [3.63, 3.8) is 0 Å². The molecule has 1 amide bonds. The van der Waals surface area contributed by atoms with Crippen molar-refractivity contribution in [2.75, 3.05) is 45.1 Å². The number of hydrogen-bond donors (Lipinski definition) is 2. The maximum atomic E-state index is 12.4. The molecule has 25 heavy (non-hydrogen) atoms. The fraction of sp³-hybridized carbons (Fsp3) is 0.353. The van der Waals surface area contributed by atoms with Gasteiger partial charge in [0.05, 0.1) is 14.2 Å². The van der Waals surface area contributed by atoms with E-state index in [1.165, 1.54) is 13.3 Å². The van der Waals surface area contributed by atoms with Gasteiger partial charge in [-0.2, -0.15) is 0 Å². The monoisotopic (exact) mass is 346 g/mol. The number of ether oxygens (including phenoxy) is 3. The molecule has 0 saturated heterocycles. The molecule has 134 valence electrons. The topological polar surface area (TPSA) is 94.6 Å². The fourth-order valence-electron chi connectivity index (χ4n) is 2.10. The van der Waals surface area contributed by atoms with Crippen molar-refractivity contribution in [2.45, 2.75) is 6.42 Å². The minimum Gasteiger partial charge on any atom is -0.493 e. The van der Waals surface area contributed by atoms with E-state index in [2.05, 4.69) is 20.6 Å². The number of benzene rings is 1.